The Kier molecular flexibility index (Phi) is 4.70. The van der Waals surface area contributed by atoms with Gasteiger partial charge in [0.15, 0.2) is 6.10 Å². The Balaban J connectivity index is 1.28. The Hall–Kier alpha value is -2.33. The number of hydrogen-bond acceptors (Lipinski definition) is 3. The molecule has 0 unspecified atom stereocenters. The van der Waals surface area contributed by atoms with E-state index in [1.807, 2.05) is 18.2 Å². The van der Waals surface area contributed by atoms with E-state index in [1.165, 1.54) is 16.8 Å². The molecule has 4 heteroatoms. The molecule has 0 spiro atoms. The van der Waals surface area contributed by atoms with Gasteiger partial charge in [-0.1, -0.05) is 42.5 Å². The predicted octanol–water partition coefficient (Wildman–Crippen LogP) is 2.87. The first-order valence-corrected chi connectivity index (χ1v) is 9.13. The van der Waals surface area contributed by atoms with Crippen molar-refractivity contribution in [3.05, 3.63) is 65.2 Å². The second kappa shape index (κ2) is 7.28. The molecule has 0 aliphatic carbocycles. The van der Waals surface area contributed by atoms with E-state index in [9.17, 15) is 4.79 Å². The van der Waals surface area contributed by atoms with Gasteiger partial charge in [-0.2, -0.15) is 0 Å². The summed E-state index contributed by atoms with van der Waals surface area (Å²) in [6.45, 7) is 3.34. The Morgan fingerprint density at radius 2 is 1.88 bits per heavy atom. The minimum atomic E-state index is -0.461. The third kappa shape index (κ3) is 3.40. The minimum absolute atomic E-state index is 0.0195. The van der Waals surface area contributed by atoms with Crippen molar-refractivity contribution in [3.63, 3.8) is 0 Å². The summed E-state index contributed by atoms with van der Waals surface area (Å²) < 4.78 is 5.72. The van der Waals surface area contributed by atoms with Crippen LogP contribution in [0.25, 0.3) is 0 Å². The van der Waals surface area contributed by atoms with Crippen molar-refractivity contribution in [3.8, 4) is 0 Å². The first kappa shape index (κ1) is 16.2. The van der Waals surface area contributed by atoms with Crippen LogP contribution in [0.5, 0.6) is 0 Å². The quantitative estimate of drug-likeness (QED) is 0.854. The van der Waals surface area contributed by atoms with Crippen molar-refractivity contribution >= 4 is 11.6 Å². The third-order valence-corrected chi connectivity index (χ3v) is 5.12. The molecular weight excluding hydrogens is 312 g/mol. The molecule has 2 aromatic rings. The zero-order chi connectivity index (χ0) is 17.1. The number of para-hydroxylation sites is 1. The maximum Gasteiger partial charge on any atom is 0.253 e. The molecule has 0 fully saturated rings. The van der Waals surface area contributed by atoms with Crippen molar-refractivity contribution in [1.29, 1.82) is 0 Å². The Bertz CT molecular complexity index is 759. The number of rotatable bonds is 5. The van der Waals surface area contributed by atoms with E-state index in [4.69, 9.17) is 4.74 Å². The zero-order valence-corrected chi connectivity index (χ0v) is 14.4. The fourth-order valence-corrected chi connectivity index (χ4v) is 3.82. The van der Waals surface area contributed by atoms with Gasteiger partial charge in [-0.15, -0.1) is 0 Å². The van der Waals surface area contributed by atoms with Gasteiger partial charge in [0.25, 0.3) is 5.91 Å². The average molecular weight is 336 g/mol. The summed E-state index contributed by atoms with van der Waals surface area (Å²) in [5.41, 5.74) is 5.01. The molecule has 2 aromatic carbocycles. The summed E-state index contributed by atoms with van der Waals surface area (Å²) >= 11 is 0. The Labute approximate surface area is 148 Å². The van der Waals surface area contributed by atoms with Crippen molar-refractivity contribution in [2.75, 3.05) is 31.1 Å². The van der Waals surface area contributed by atoms with Crippen LogP contribution in [-0.2, 0) is 22.4 Å². The molecule has 0 radical (unpaired) electrons. The Morgan fingerprint density at radius 3 is 2.80 bits per heavy atom. The molecule has 1 N–H and O–H groups in total. The molecule has 0 saturated carbocycles. The van der Waals surface area contributed by atoms with E-state index in [1.54, 1.807) is 0 Å². The van der Waals surface area contributed by atoms with Gasteiger partial charge in [-0.25, -0.2) is 0 Å². The fraction of sp³-hybridized carbons (Fsp3) is 0.381. The first-order chi connectivity index (χ1) is 12.3. The van der Waals surface area contributed by atoms with E-state index in [2.05, 4.69) is 40.5 Å². The van der Waals surface area contributed by atoms with Crippen LogP contribution in [0.15, 0.2) is 48.5 Å². The number of ether oxygens (including phenoxy) is 1. The number of fused-ring (bicyclic) bond motifs is 2. The lowest BCUT2D eigenvalue weighted by atomic mass is 9.97. The number of nitrogens with zero attached hydrogens (tertiary/aromatic N) is 1. The Morgan fingerprint density at radius 1 is 1.08 bits per heavy atom. The summed E-state index contributed by atoms with van der Waals surface area (Å²) in [4.78, 5) is 14.9. The van der Waals surface area contributed by atoms with Gasteiger partial charge >= 0.3 is 0 Å². The molecule has 2 aliphatic heterocycles. The van der Waals surface area contributed by atoms with E-state index in [0.29, 0.717) is 13.2 Å². The van der Waals surface area contributed by atoms with Gasteiger partial charge in [0.1, 0.15) is 0 Å². The summed E-state index contributed by atoms with van der Waals surface area (Å²) in [6.07, 6.45) is 2.48. The number of carbonyl (C=O) groups is 1. The highest BCUT2D eigenvalue weighted by Crippen LogP contribution is 2.28. The number of amides is 1. The normalized spacial score (nSPS) is 18.6. The molecule has 25 heavy (non-hydrogen) atoms. The maximum atomic E-state index is 12.5. The van der Waals surface area contributed by atoms with Crippen LogP contribution >= 0.6 is 0 Å². The second-order valence-corrected chi connectivity index (χ2v) is 6.71. The number of carbonyl (C=O) groups excluding carboxylic acids is 1. The summed E-state index contributed by atoms with van der Waals surface area (Å²) in [6, 6.07) is 16.7. The van der Waals surface area contributed by atoms with Gasteiger partial charge in [0.05, 0.1) is 6.61 Å². The smallest absolute Gasteiger partial charge is 0.253 e. The highest BCUT2D eigenvalue weighted by molar-refractivity contribution is 5.82. The molecule has 0 aromatic heterocycles. The van der Waals surface area contributed by atoms with Gasteiger partial charge in [-0.3, -0.25) is 4.79 Å². The van der Waals surface area contributed by atoms with Gasteiger partial charge < -0.3 is 15.0 Å². The molecule has 4 nitrogen and oxygen atoms in total. The number of benzene rings is 2. The number of anilines is 1. The summed E-state index contributed by atoms with van der Waals surface area (Å²) in [5.74, 6) is -0.0195. The minimum Gasteiger partial charge on any atom is -0.371 e. The topological polar surface area (TPSA) is 41.6 Å². The summed E-state index contributed by atoms with van der Waals surface area (Å²) in [5, 5.41) is 3.05. The van der Waals surface area contributed by atoms with Crippen LogP contribution in [0.4, 0.5) is 5.69 Å². The molecule has 1 amide bonds. The van der Waals surface area contributed by atoms with Crippen LogP contribution in [0, 0.1) is 0 Å². The molecule has 0 bridgehead atoms. The van der Waals surface area contributed by atoms with Crippen molar-refractivity contribution in [1.82, 2.24) is 5.32 Å². The number of hydrogen-bond donors (Lipinski definition) is 1. The monoisotopic (exact) mass is 336 g/mol. The maximum absolute atomic E-state index is 12.5. The molecule has 1 atom stereocenters. The highest BCUT2D eigenvalue weighted by Gasteiger charge is 2.26. The fourth-order valence-electron chi connectivity index (χ4n) is 3.82. The molecule has 4 rings (SSSR count). The molecule has 0 saturated heterocycles. The van der Waals surface area contributed by atoms with Gasteiger partial charge in [0.2, 0.25) is 0 Å². The van der Waals surface area contributed by atoms with Crippen LogP contribution in [0.1, 0.15) is 29.2 Å². The van der Waals surface area contributed by atoms with Gasteiger partial charge in [-0.05, 0) is 42.0 Å². The first-order valence-electron chi connectivity index (χ1n) is 9.13. The van der Waals surface area contributed by atoms with E-state index < -0.39 is 6.10 Å². The lowest BCUT2D eigenvalue weighted by molar-refractivity contribution is -0.134. The third-order valence-electron chi connectivity index (χ3n) is 5.12. The van der Waals surface area contributed by atoms with E-state index >= 15 is 0 Å². The zero-order valence-electron chi connectivity index (χ0n) is 14.4. The van der Waals surface area contributed by atoms with Crippen LogP contribution in [-0.4, -0.2) is 32.1 Å². The van der Waals surface area contributed by atoms with E-state index in [0.717, 1.165) is 37.9 Å². The second-order valence-electron chi connectivity index (χ2n) is 6.71. The molecular formula is C21H24N2O2. The lowest BCUT2D eigenvalue weighted by Gasteiger charge is -2.25. The van der Waals surface area contributed by atoms with Crippen molar-refractivity contribution < 1.29 is 9.53 Å². The SMILES string of the molecule is O=C(NCCCN1CCc2ccccc21)[C@H]1OCCc2ccccc21. The van der Waals surface area contributed by atoms with Crippen molar-refractivity contribution in [2.24, 2.45) is 0 Å². The highest BCUT2D eigenvalue weighted by atomic mass is 16.5. The van der Waals surface area contributed by atoms with Crippen molar-refractivity contribution in [2.45, 2.75) is 25.4 Å². The van der Waals surface area contributed by atoms with Crippen LogP contribution in [0.2, 0.25) is 0 Å². The van der Waals surface area contributed by atoms with Crippen LogP contribution < -0.4 is 10.2 Å². The standard InChI is InChI=1S/C21H24N2O2/c24-21(20-18-8-3-1-6-16(18)11-15-25-20)22-12-5-13-23-14-10-17-7-2-4-9-19(17)23/h1-4,6-9,20H,5,10-15H2,(H,22,24)/t20-/m0/s1. The summed E-state index contributed by atoms with van der Waals surface area (Å²) in [7, 11) is 0. The molecule has 2 heterocycles. The molecule has 130 valence electrons. The van der Waals surface area contributed by atoms with E-state index in [-0.39, 0.29) is 5.91 Å². The average Bonchev–Trinajstić information content (AvgIpc) is 3.08. The van der Waals surface area contributed by atoms with Gasteiger partial charge in [0, 0.05) is 25.3 Å². The van der Waals surface area contributed by atoms with Crippen LogP contribution in [0.3, 0.4) is 0 Å². The largest absolute Gasteiger partial charge is 0.371 e. The molecule has 2 aliphatic rings. The lowest BCUT2D eigenvalue weighted by Crippen LogP contribution is -2.35. The number of nitrogens with one attached hydrogen (secondary N) is 1. The predicted molar refractivity (Wildman–Crippen MR) is 98.8 cm³/mol.